The lowest BCUT2D eigenvalue weighted by molar-refractivity contribution is -0.136. The van der Waals surface area contributed by atoms with Crippen molar-refractivity contribution in [3.63, 3.8) is 0 Å². The van der Waals surface area contributed by atoms with E-state index in [-0.39, 0.29) is 6.04 Å². The van der Waals surface area contributed by atoms with E-state index in [9.17, 15) is 4.79 Å². The third kappa shape index (κ3) is 3.96. The number of likely N-dealkylation sites (tertiary alicyclic amines) is 1. The van der Waals surface area contributed by atoms with Crippen LogP contribution in [0, 0.1) is 5.92 Å². The van der Waals surface area contributed by atoms with E-state index in [1.807, 2.05) is 7.05 Å². The zero-order valence-electron chi connectivity index (χ0n) is 16.8. The Bertz CT molecular complexity index is 668. The Labute approximate surface area is 162 Å². The molecule has 0 aromatic carbocycles. The molecule has 1 amide bonds. The number of likely N-dealkylation sites (N-methyl/N-ethyl adjacent to an activating group) is 1. The summed E-state index contributed by atoms with van der Waals surface area (Å²) in [4.78, 5) is 27.3. The lowest BCUT2D eigenvalue weighted by Gasteiger charge is -2.36. The van der Waals surface area contributed by atoms with Gasteiger partial charge < -0.3 is 15.1 Å². The smallest absolute Gasteiger partial charge is 0.223 e. The summed E-state index contributed by atoms with van der Waals surface area (Å²) in [6.07, 6.45) is 9.91. The molecule has 2 aliphatic heterocycles. The summed E-state index contributed by atoms with van der Waals surface area (Å²) in [5, 5.41) is 3.28. The van der Waals surface area contributed by atoms with E-state index in [2.05, 4.69) is 22.2 Å². The van der Waals surface area contributed by atoms with Gasteiger partial charge in [-0.3, -0.25) is 4.79 Å². The van der Waals surface area contributed by atoms with E-state index in [1.165, 1.54) is 31.2 Å². The van der Waals surface area contributed by atoms with Gasteiger partial charge in [0.05, 0.1) is 11.7 Å². The van der Waals surface area contributed by atoms with Gasteiger partial charge in [-0.05, 0) is 45.1 Å². The lowest BCUT2D eigenvalue weighted by Crippen LogP contribution is -2.40. The van der Waals surface area contributed by atoms with Crippen molar-refractivity contribution >= 4 is 11.7 Å². The molecular weight excluding hydrogens is 338 g/mol. The maximum atomic E-state index is 13.1. The molecule has 1 unspecified atom stereocenters. The minimum Gasteiger partial charge on any atom is -0.373 e. The van der Waals surface area contributed by atoms with Gasteiger partial charge in [0.15, 0.2) is 5.82 Å². The molecule has 1 N–H and O–H groups in total. The number of nitrogens with zero attached hydrogens (tertiary/aromatic N) is 4. The number of fused-ring (bicyclic) bond motifs is 1. The molecule has 3 heterocycles. The molecule has 27 heavy (non-hydrogen) atoms. The van der Waals surface area contributed by atoms with Crippen molar-refractivity contribution in [1.29, 1.82) is 0 Å². The van der Waals surface area contributed by atoms with Crippen LogP contribution in [0.25, 0.3) is 0 Å². The van der Waals surface area contributed by atoms with E-state index in [0.29, 0.717) is 18.2 Å². The number of amides is 1. The number of rotatable bonds is 4. The van der Waals surface area contributed by atoms with Gasteiger partial charge in [0.1, 0.15) is 5.82 Å². The van der Waals surface area contributed by atoms with Gasteiger partial charge in [-0.1, -0.05) is 12.8 Å². The molecule has 1 saturated carbocycles. The van der Waals surface area contributed by atoms with Gasteiger partial charge in [-0.2, -0.15) is 0 Å². The van der Waals surface area contributed by atoms with Crippen LogP contribution in [0.3, 0.4) is 0 Å². The van der Waals surface area contributed by atoms with Gasteiger partial charge in [-0.15, -0.1) is 0 Å². The summed E-state index contributed by atoms with van der Waals surface area (Å²) in [5.74, 6) is 2.70. The van der Waals surface area contributed by atoms with Crippen LogP contribution in [0.1, 0.15) is 74.5 Å². The van der Waals surface area contributed by atoms with E-state index >= 15 is 0 Å². The molecule has 1 atom stereocenters. The standard InChI is InChI=1S/C21H33N5O/c1-22-20-16-14-25(2)12-10-17(16)23-21(24-20)18-9-5-6-11-26(18)19(27)13-15-7-3-4-8-15/h15,18H,3-14H2,1-2H3,(H,22,23,24). The maximum absolute atomic E-state index is 13.1. The number of hydrogen-bond acceptors (Lipinski definition) is 5. The second-order valence-electron chi connectivity index (χ2n) is 8.55. The Hall–Kier alpha value is -1.69. The first-order chi connectivity index (χ1) is 13.2. The zero-order chi connectivity index (χ0) is 18.8. The van der Waals surface area contributed by atoms with Crippen LogP contribution >= 0.6 is 0 Å². The molecule has 1 aromatic rings. The van der Waals surface area contributed by atoms with Crippen molar-refractivity contribution in [2.75, 3.05) is 32.5 Å². The number of carbonyl (C=O) groups excluding carboxylic acids is 1. The minimum absolute atomic E-state index is 0.0460. The highest BCUT2D eigenvalue weighted by Gasteiger charge is 2.33. The largest absolute Gasteiger partial charge is 0.373 e. The van der Waals surface area contributed by atoms with Crippen molar-refractivity contribution in [2.24, 2.45) is 5.92 Å². The SMILES string of the molecule is CNc1nc(C2CCCCN2C(=O)CC2CCCC2)nc2c1CN(C)CC2. The summed E-state index contributed by atoms with van der Waals surface area (Å²) in [6, 6.07) is 0.0460. The number of nitrogens with one attached hydrogen (secondary N) is 1. The summed E-state index contributed by atoms with van der Waals surface area (Å²) in [6.45, 7) is 2.77. The third-order valence-electron chi connectivity index (χ3n) is 6.56. The van der Waals surface area contributed by atoms with Crippen molar-refractivity contribution < 1.29 is 4.79 Å². The summed E-state index contributed by atoms with van der Waals surface area (Å²) in [7, 11) is 4.08. The molecule has 0 spiro atoms. The quantitative estimate of drug-likeness (QED) is 0.881. The highest BCUT2D eigenvalue weighted by Crippen LogP contribution is 2.34. The Balaban J connectivity index is 1.58. The predicted octanol–water partition coefficient (Wildman–Crippen LogP) is 3.14. The summed E-state index contributed by atoms with van der Waals surface area (Å²) >= 11 is 0. The molecule has 148 valence electrons. The molecule has 1 aromatic heterocycles. The summed E-state index contributed by atoms with van der Waals surface area (Å²) < 4.78 is 0. The molecule has 0 radical (unpaired) electrons. The Morgan fingerprint density at radius 1 is 1.11 bits per heavy atom. The average Bonchev–Trinajstić information content (AvgIpc) is 3.20. The first-order valence-electron chi connectivity index (χ1n) is 10.7. The normalized spacial score (nSPS) is 24.1. The monoisotopic (exact) mass is 371 g/mol. The number of aromatic nitrogens is 2. The van der Waals surface area contributed by atoms with Gasteiger partial charge >= 0.3 is 0 Å². The van der Waals surface area contributed by atoms with Gasteiger partial charge in [0.25, 0.3) is 0 Å². The highest BCUT2D eigenvalue weighted by molar-refractivity contribution is 5.77. The van der Waals surface area contributed by atoms with E-state index in [4.69, 9.17) is 9.97 Å². The van der Waals surface area contributed by atoms with Gasteiger partial charge in [-0.25, -0.2) is 9.97 Å². The van der Waals surface area contributed by atoms with E-state index in [1.54, 1.807) is 0 Å². The van der Waals surface area contributed by atoms with Gasteiger partial charge in [0, 0.05) is 45.1 Å². The maximum Gasteiger partial charge on any atom is 0.223 e. The van der Waals surface area contributed by atoms with Crippen LogP contribution in [0.2, 0.25) is 0 Å². The molecule has 3 aliphatic rings. The topological polar surface area (TPSA) is 61.4 Å². The minimum atomic E-state index is 0.0460. The number of hydrogen-bond donors (Lipinski definition) is 1. The second-order valence-corrected chi connectivity index (χ2v) is 8.55. The zero-order valence-corrected chi connectivity index (χ0v) is 16.8. The molecule has 6 nitrogen and oxygen atoms in total. The fourth-order valence-electron chi connectivity index (χ4n) is 5.00. The van der Waals surface area contributed by atoms with Crippen molar-refractivity contribution in [3.8, 4) is 0 Å². The van der Waals surface area contributed by atoms with Crippen molar-refractivity contribution in [2.45, 2.75) is 70.4 Å². The Morgan fingerprint density at radius 3 is 2.67 bits per heavy atom. The fourth-order valence-corrected chi connectivity index (χ4v) is 5.00. The average molecular weight is 372 g/mol. The Morgan fingerprint density at radius 2 is 1.89 bits per heavy atom. The fraction of sp³-hybridized carbons (Fsp3) is 0.762. The first kappa shape index (κ1) is 18.7. The van der Waals surface area contributed by atoms with Crippen molar-refractivity contribution in [1.82, 2.24) is 19.8 Å². The first-order valence-corrected chi connectivity index (χ1v) is 10.7. The molecule has 4 rings (SSSR count). The van der Waals surface area contributed by atoms with Crippen LogP contribution < -0.4 is 5.32 Å². The van der Waals surface area contributed by atoms with E-state index < -0.39 is 0 Å². The van der Waals surface area contributed by atoms with Crippen LogP contribution in [0.4, 0.5) is 5.82 Å². The Kier molecular flexibility index (Phi) is 5.62. The molecule has 6 heteroatoms. The molecule has 1 saturated heterocycles. The number of carbonyl (C=O) groups is 1. The molecular formula is C21H33N5O. The lowest BCUT2D eigenvalue weighted by atomic mass is 9.97. The van der Waals surface area contributed by atoms with Crippen LogP contribution in [0.5, 0.6) is 0 Å². The van der Waals surface area contributed by atoms with Crippen LogP contribution in [0.15, 0.2) is 0 Å². The van der Waals surface area contributed by atoms with Gasteiger partial charge in [0.2, 0.25) is 5.91 Å². The predicted molar refractivity (Wildman–Crippen MR) is 106 cm³/mol. The highest BCUT2D eigenvalue weighted by atomic mass is 16.2. The third-order valence-corrected chi connectivity index (χ3v) is 6.56. The van der Waals surface area contributed by atoms with Crippen LogP contribution in [-0.4, -0.2) is 52.9 Å². The van der Waals surface area contributed by atoms with Crippen molar-refractivity contribution in [3.05, 3.63) is 17.1 Å². The molecule has 2 fully saturated rings. The van der Waals surface area contributed by atoms with Crippen LogP contribution in [-0.2, 0) is 17.8 Å². The summed E-state index contributed by atoms with van der Waals surface area (Å²) in [5.41, 5.74) is 2.38. The molecule has 1 aliphatic carbocycles. The molecule has 0 bridgehead atoms. The number of anilines is 1. The number of piperidine rings is 1. The second kappa shape index (κ2) is 8.13. The van der Waals surface area contributed by atoms with E-state index in [0.717, 1.165) is 62.7 Å².